The largest absolute Gasteiger partial charge is 0.489 e. The van der Waals surface area contributed by atoms with Crippen LogP contribution in [0.3, 0.4) is 0 Å². The van der Waals surface area contributed by atoms with Gasteiger partial charge in [0, 0.05) is 24.1 Å². The second-order valence-corrected chi connectivity index (χ2v) is 7.75. The molecule has 4 rings (SSSR count). The first-order chi connectivity index (χ1) is 14.6. The van der Waals surface area contributed by atoms with Crippen LogP contribution in [0, 0.1) is 11.6 Å². The van der Waals surface area contributed by atoms with Gasteiger partial charge in [-0.25, -0.2) is 13.8 Å². The van der Waals surface area contributed by atoms with Crippen molar-refractivity contribution < 1.29 is 23.0 Å². The van der Waals surface area contributed by atoms with Gasteiger partial charge in [0.05, 0.1) is 11.7 Å². The van der Waals surface area contributed by atoms with E-state index in [9.17, 15) is 13.6 Å². The molecule has 0 unspecified atom stereocenters. The highest BCUT2D eigenvalue weighted by molar-refractivity contribution is 7.13. The summed E-state index contributed by atoms with van der Waals surface area (Å²) in [6.07, 6.45) is 2.06. The van der Waals surface area contributed by atoms with Crippen LogP contribution in [0.4, 0.5) is 8.78 Å². The van der Waals surface area contributed by atoms with Crippen LogP contribution in [0.2, 0.25) is 0 Å². The maximum Gasteiger partial charge on any atom is 0.270 e. The normalized spacial score (nSPS) is 15.9. The highest BCUT2D eigenvalue weighted by Crippen LogP contribution is 2.26. The summed E-state index contributed by atoms with van der Waals surface area (Å²) < 4.78 is 38.4. The molecule has 1 N–H and O–H groups in total. The van der Waals surface area contributed by atoms with Crippen molar-refractivity contribution in [1.29, 1.82) is 0 Å². The maximum atomic E-state index is 13.7. The lowest BCUT2D eigenvalue weighted by Gasteiger charge is -2.09. The number of rotatable bonds is 7. The Morgan fingerprint density at radius 3 is 2.67 bits per heavy atom. The SMILES string of the molecule is O=C(NC[C@@H]1CCCO1)c1csc(-c2ccc(OCc3c(F)cccc3F)cc2)n1. The fourth-order valence-corrected chi connectivity index (χ4v) is 3.94. The molecule has 0 radical (unpaired) electrons. The molecule has 0 spiro atoms. The van der Waals surface area contributed by atoms with Crippen LogP contribution in [0.1, 0.15) is 28.9 Å². The van der Waals surface area contributed by atoms with E-state index >= 15 is 0 Å². The molecular weight excluding hydrogens is 410 g/mol. The van der Waals surface area contributed by atoms with Crippen LogP contribution in [0.25, 0.3) is 10.6 Å². The van der Waals surface area contributed by atoms with Crippen LogP contribution in [0.15, 0.2) is 47.8 Å². The summed E-state index contributed by atoms with van der Waals surface area (Å²) >= 11 is 1.37. The standard InChI is InChI=1S/C22H20F2N2O3S/c23-18-4-1-5-19(24)17(18)12-29-15-8-6-14(7-9-15)22-26-20(13-30-22)21(27)25-11-16-3-2-10-28-16/h1,4-9,13,16H,2-3,10-12H2,(H,25,27)/t16-/m0/s1. The minimum absolute atomic E-state index is 0.0810. The third-order valence-corrected chi connectivity index (χ3v) is 5.69. The molecule has 0 bridgehead atoms. The van der Waals surface area contributed by atoms with E-state index in [1.54, 1.807) is 29.6 Å². The Kier molecular flexibility index (Phi) is 6.35. The van der Waals surface area contributed by atoms with Crippen molar-refractivity contribution in [2.45, 2.75) is 25.6 Å². The summed E-state index contributed by atoms with van der Waals surface area (Å²) in [4.78, 5) is 16.7. The van der Waals surface area contributed by atoms with Gasteiger partial charge in [0.15, 0.2) is 0 Å². The first-order valence-electron chi connectivity index (χ1n) is 9.61. The summed E-state index contributed by atoms with van der Waals surface area (Å²) in [5.74, 6) is -1.02. The molecule has 1 aliphatic rings. The first kappa shape index (κ1) is 20.4. The van der Waals surface area contributed by atoms with E-state index in [1.807, 2.05) is 0 Å². The van der Waals surface area contributed by atoms with Gasteiger partial charge in [0.2, 0.25) is 0 Å². The summed E-state index contributed by atoms with van der Waals surface area (Å²) in [5.41, 5.74) is 1.08. The van der Waals surface area contributed by atoms with Crippen molar-refractivity contribution in [3.8, 4) is 16.3 Å². The minimum Gasteiger partial charge on any atom is -0.489 e. The molecule has 30 heavy (non-hydrogen) atoms. The van der Waals surface area contributed by atoms with E-state index in [2.05, 4.69) is 10.3 Å². The molecule has 1 aliphatic heterocycles. The molecule has 1 atom stereocenters. The molecule has 156 valence electrons. The zero-order chi connectivity index (χ0) is 20.9. The van der Waals surface area contributed by atoms with Crippen LogP contribution < -0.4 is 10.1 Å². The van der Waals surface area contributed by atoms with E-state index in [-0.39, 0.29) is 24.2 Å². The molecule has 5 nitrogen and oxygen atoms in total. The lowest BCUT2D eigenvalue weighted by atomic mass is 10.2. The van der Waals surface area contributed by atoms with Crippen molar-refractivity contribution in [3.05, 3.63) is 70.7 Å². The number of ether oxygens (including phenoxy) is 2. The van der Waals surface area contributed by atoms with Gasteiger partial charge < -0.3 is 14.8 Å². The number of hydrogen-bond acceptors (Lipinski definition) is 5. The lowest BCUT2D eigenvalue weighted by Crippen LogP contribution is -2.31. The van der Waals surface area contributed by atoms with Crippen molar-refractivity contribution in [2.75, 3.05) is 13.2 Å². The average molecular weight is 430 g/mol. The van der Waals surface area contributed by atoms with Crippen molar-refractivity contribution in [2.24, 2.45) is 0 Å². The number of halogens is 2. The predicted molar refractivity (Wildman–Crippen MR) is 110 cm³/mol. The van der Waals surface area contributed by atoms with Gasteiger partial charge in [0.1, 0.15) is 34.7 Å². The highest BCUT2D eigenvalue weighted by atomic mass is 32.1. The molecule has 0 aliphatic carbocycles. The number of nitrogens with zero attached hydrogens (tertiary/aromatic N) is 1. The quantitative estimate of drug-likeness (QED) is 0.596. The average Bonchev–Trinajstić information content (AvgIpc) is 3.44. The van der Waals surface area contributed by atoms with Gasteiger partial charge in [0.25, 0.3) is 5.91 Å². The molecule has 1 fully saturated rings. The smallest absolute Gasteiger partial charge is 0.270 e. The zero-order valence-electron chi connectivity index (χ0n) is 16.1. The Labute approximate surface area is 176 Å². The first-order valence-corrected chi connectivity index (χ1v) is 10.5. The molecule has 3 aromatic rings. The molecule has 1 aromatic heterocycles. The van der Waals surface area contributed by atoms with Gasteiger partial charge in [-0.15, -0.1) is 11.3 Å². The van der Waals surface area contributed by atoms with Crippen LogP contribution in [0.5, 0.6) is 5.75 Å². The summed E-state index contributed by atoms with van der Waals surface area (Å²) in [5, 5.41) is 5.27. The van der Waals surface area contributed by atoms with E-state index in [1.165, 1.54) is 29.5 Å². The maximum absolute atomic E-state index is 13.7. The van der Waals surface area contributed by atoms with Crippen molar-refractivity contribution >= 4 is 17.2 Å². The zero-order valence-corrected chi connectivity index (χ0v) is 16.9. The molecule has 1 amide bonds. The fourth-order valence-electron chi connectivity index (χ4n) is 3.13. The van der Waals surface area contributed by atoms with Gasteiger partial charge in [-0.2, -0.15) is 0 Å². The van der Waals surface area contributed by atoms with E-state index in [0.717, 1.165) is 25.0 Å². The number of amides is 1. The Hall–Kier alpha value is -2.84. The number of hydrogen-bond donors (Lipinski definition) is 1. The van der Waals surface area contributed by atoms with Gasteiger partial charge >= 0.3 is 0 Å². The van der Waals surface area contributed by atoms with Crippen molar-refractivity contribution in [3.63, 3.8) is 0 Å². The van der Waals surface area contributed by atoms with Gasteiger partial charge in [-0.1, -0.05) is 6.07 Å². The second kappa shape index (κ2) is 9.32. The number of carbonyl (C=O) groups is 1. The van der Waals surface area contributed by atoms with Crippen molar-refractivity contribution in [1.82, 2.24) is 10.3 Å². The summed E-state index contributed by atoms with van der Waals surface area (Å²) in [6.45, 7) is 1.03. The van der Waals surface area contributed by atoms with E-state index in [0.29, 0.717) is 23.0 Å². The minimum atomic E-state index is -0.639. The monoisotopic (exact) mass is 430 g/mol. The van der Waals surface area contributed by atoms with E-state index < -0.39 is 11.6 Å². The van der Waals surface area contributed by atoms with E-state index in [4.69, 9.17) is 9.47 Å². The summed E-state index contributed by atoms with van der Waals surface area (Å²) in [7, 11) is 0. The number of thiazole rings is 1. The van der Waals surface area contributed by atoms with Gasteiger partial charge in [-0.05, 0) is 49.2 Å². The fraction of sp³-hybridized carbons (Fsp3) is 0.273. The predicted octanol–water partition coefficient (Wildman–Crippen LogP) is 4.58. The Morgan fingerprint density at radius 2 is 1.97 bits per heavy atom. The lowest BCUT2D eigenvalue weighted by molar-refractivity contribution is 0.0854. The number of aromatic nitrogens is 1. The van der Waals surface area contributed by atoms with Crippen LogP contribution >= 0.6 is 11.3 Å². The topological polar surface area (TPSA) is 60.5 Å². The number of benzene rings is 2. The second-order valence-electron chi connectivity index (χ2n) is 6.90. The number of carbonyl (C=O) groups excluding carboxylic acids is 1. The molecular formula is C22H20F2N2O3S. The Balaban J connectivity index is 1.35. The van der Waals surface area contributed by atoms with Gasteiger partial charge in [-0.3, -0.25) is 4.79 Å². The third-order valence-electron chi connectivity index (χ3n) is 4.80. The van der Waals surface area contributed by atoms with Crippen LogP contribution in [-0.2, 0) is 11.3 Å². The highest BCUT2D eigenvalue weighted by Gasteiger charge is 2.18. The molecule has 0 saturated carbocycles. The number of nitrogens with one attached hydrogen (secondary N) is 1. The third kappa shape index (κ3) is 4.83. The van der Waals surface area contributed by atoms with Crippen LogP contribution in [-0.4, -0.2) is 30.1 Å². The molecule has 2 heterocycles. The molecule has 2 aromatic carbocycles. The Bertz CT molecular complexity index is 997. The molecule has 8 heteroatoms. The molecule has 1 saturated heterocycles. The Morgan fingerprint density at radius 1 is 1.20 bits per heavy atom. The summed E-state index contributed by atoms with van der Waals surface area (Å²) in [6, 6.07) is 10.7.